The zero-order valence-electron chi connectivity index (χ0n) is 18.0. The van der Waals surface area contributed by atoms with Crippen LogP contribution in [0.15, 0.2) is 70.3 Å². The molecule has 1 aliphatic heterocycles. The van der Waals surface area contributed by atoms with Gasteiger partial charge in [0.2, 0.25) is 18.1 Å². The van der Waals surface area contributed by atoms with Gasteiger partial charge in [0.1, 0.15) is 11.9 Å². The van der Waals surface area contributed by atoms with Crippen molar-refractivity contribution in [3.05, 3.63) is 72.0 Å². The lowest BCUT2D eigenvalue weighted by Crippen LogP contribution is -2.47. The summed E-state index contributed by atoms with van der Waals surface area (Å²) in [5.74, 6) is 6.12. The molecule has 0 aliphatic carbocycles. The lowest BCUT2D eigenvalue weighted by Gasteiger charge is -2.33. The van der Waals surface area contributed by atoms with E-state index in [9.17, 15) is 9.59 Å². The van der Waals surface area contributed by atoms with Gasteiger partial charge >= 0.3 is 0 Å². The Hall–Kier alpha value is -4.15. The number of benzene rings is 2. The predicted octanol–water partition coefficient (Wildman–Crippen LogP) is 2.31. The van der Waals surface area contributed by atoms with Crippen LogP contribution in [0.1, 0.15) is 17.3 Å². The van der Waals surface area contributed by atoms with Gasteiger partial charge in [-0.05, 0) is 54.4 Å². The first-order valence-corrected chi connectivity index (χ1v) is 10.2. The number of furan rings is 1. The van der Waals surface area contributed by atoms with Crippen molar-refractivity contribution in [2.75, 3.05) is 23.9 Å². The van der Waals surface area contributed by atoms with Crippen LogP contribution in [-0.4, -0.2) is 36.8 Å². The molecule has 0 bridgehead atoms. The lowest BCUT2D eigenvalue weighted by atomic mass is 10.1. The molecule has 2 amide bonds. The van der Waals surface area contributed by atoms with Gasteiger partial charge in [0, 0.05) is 17.9 Å². The first-order valence-electron chi connectivity index (χ1n) is 10.2. The van der Waals surface area contributed by atoms with Crippen LogP contribution >= 0.6 is 0 Å². The van der Waals surface area contributed by atoms with Crippen LogP contribution in [0.4, 0.5) is 17.3 Å². The van der Waals surface area contributed by atoms with Gasteiger partial charge in [0.25, 0.3) is 5.91 Å². The molecule has 1 aromatic heterocycles. The Bertz CT molecular complexity index is 1160. The minimum absolute atomic E-state index is 0.101. The molecule has 170 valence electrons. The fourth-order valence-electron chi connectivity index (χ4n) is 3.49. The number of fused-ring (bicyclic) bond motifs is 1. The smallest absolute Gasteiger partial charge is 0.291 e. The minimum atomic E-state index is -0.662. The molecule has 10 heteroatoms. The number of carbonyl (C=O) groups excluding carboxylic acids is 2. The number of amidine groups is 1. The summed E-state index contributed by atoms with van der Waals surface area (Å²) in [5, 5.41) is 3.94. The molecular weight excluding hydrogens is 424 g/mol. The molecule has 2 heterocycles. The number of hydrogen-bond donors (Lipinski definition) is 3. The minimum Gasteiger partial charge on any atom is -0.497 e. The average Bonchev–Trinajstić information content (AvgIpc) is 3.32. The van der Waals surface area contributed by atoms with Crippen molar-refractivity contribution < 1.29 is 18.7 Å². The number of nitrogens with one attached hydrogen (secondary N) is 1. The van der Waals surface area contributed by atoms with E-state index >= 15 is 0 Å². The number of nitrogens with zero attached hydrogens (tertiary/aromatic N) is 3. The SMILES string of the molecule is COc1ccc(N2C(C(=O)Nc3ccc(CCN(N)C=O)cc3)=Nc3occc3C2N)cc1. The van der Waals surface area contributed by atoms with Gasteiger partial charge in [-0.25, -0.2) is 5.84 Å². The van der Waals surface area contributed by atoms with Crippen LogP contribution in [0.2, 0.25) is 0 Å². The standard InChI is InChI=1S/C23H24N6O4/c1-32-18-8-6-17(7-9-18)29-20(24)19-11-13-33-23(19)27-21(29)22(31)26-16-4-2-15(3-5-16)10-12-28(25)14-30/h2-9,11,13-14,20H,10,12,24-25H2,1H3,(H,26,31). The number of aliphatic imine (C=N–C) groups is 1. The van der Waals surface area contributed by atoms with Crippen LogP contribution in [0.25, 0.3) is 0 Å². The topological polar surface area (TPSA) is 139 Å². The summed E-state index contributed by atoms with van der Waals surface area (Å²) in [6.45, 7) is 0.395. The Balaban J connectivity index is 1.56. The van der Waals surface area contributed by atoms with Crippen molar-refractivity contribution in [2.24, 2.45) is 16.6 Å². The third-order valence-electron chi connectivity index (χ3n) is 5.27. The van der Waals surface area contributed by atoms with Gasteiger partial charge in [0.05, 0.1) is 18.9 Å². The Labute approximate surface area is 190 Å². The van der Waals surface area contributed by atoms with Crippen molar-refractivity contribution in [3.8, 4) is 5.75 Å². The summed E-state index contributed by atoms with van der Waals surface area (Å²) in [7, 11) is 1.58. The molecule has 3 aromatic rings. The van der Waals surface area contributed by atoms with Crippen LogP contribution in [0.5, 0.6) is 5.75 Å². The molecule has 1 atom stereocenters. The fraction of sp³-hybridized carbons (Fsp3) is 0.174. The van der Waals surface area contributed by atoms with Crippen LogP contribution in [0, 0.1) is 0 Å². The Kier molecular flexibility index (Phi) is 6.38. The molecule has 33 heavy (non-hydrogen) atoms. The number of rotatable bonds is 8. The normalized spacial score (nSPS) is 14.8. The summed E-state index contributed by atoms with van der Waals surface area (Å²) in [4.78, 5) is 29.9. The molecule has 1 aliphatic rings. The lowest BCUT2D eigenvalue weighted by molar-refractivity contribution is -0.118. The highest BCUT2D eigenvalue weighted by atomic mass is 16.5. The molecule has 2 aromatic carbocycles. The van der Waals surface area contributed by atoms with Gasteiger partial charge in [0.15, 0.2) is 0 Å². The third-order valence-corrected chi connectivity index (χ3v) is 5.27. The van der Waals surface area contributed by atoms with E-state index < -0.39 is 12.1 Å². The Morgan fingerprint density at radius 1 is 1.21 bits per heavy atom. The van der Waals surface area contributed by atoms with Gasteiger partial charge in [-0.2, -0.15) is 4.99 Å². The highest BCUT2D eigenvalue weighted by molar-refractivity contribution is 6.47. The average molecular weight is 448 g/mol. The monoisotopic (exact) mass is 448 g/mol. The van der Waals surface area contributed by atoms with Crippen molar-refractivity contribution in [1.82, 2.24) is 5.01 Å². The van der Waals surface area contributed by atoms with Gasteiger partial charge < -0.3 is 25.1 Å². The number of hydrogen-bond acceptors (Lipinski definition) is 8. The summed E-state index contributed by atoms with van der Waals surface area (Å²) in [6.07, 6.45) is 2.00. The van der Waals surface area contributed by atoms with Gasteiger partial charge in [-0.15, -0.1) is 0 Å². The second-order valence-electron chi connectivity index (χ2n) is 7.37. The molecule has 1 unspecified atom stereocenters. The largest absolute Gasteiger partial charge is 0.497 e. The summed E-state index contributed by atoms with van der Waals surface area (Å²) in [5.41, 5.74) is 9.40. The molecule has 0 spiro atoms. The number of hydrazine groups is 1. The number of anilines is 2. The van der Waals surface area contributed by atoms with E-state index in [1.165, 1.54) is 6.26 Å². The second kappa shape index (κ2) is 9.55. The van der Waals surface area contributed by atoms with Crippen molar-refractivity contribution in [1.29, 1.82) is 0 Å². The predicted molar refractivity (Wildman–Crippen MR) is 124 cm³/mol. The number of carbonyl (C=O) groups is 2. The summed E-state index contributed by atoms with van der Waals surface area (Å²) in [6, 6.07) is 16.2. The van der Waals surface area contributed by atoms with E-state index in [2.05, 4.69) is 10.3 Å². The van der Waals surface area contributed by atoms with Crippen molar-refractivity contribution in [2.45, 2.75) is 12.6 Å². The highest BCUT2D eigenvalue weighted by Gasteiger charge is 2.34. The Morgan fingerprint density at radius 2 is 1.94 bits per heavy atom. The molecular formula is C23H24N6O4. The second-order valence-corrected chi connectivity index (χ2v) is 7.37. The first-order chi connectivity index (χ1) is 16.0. The summed E-state index contributed by atoms with van der Waals surface area (Å²) < 4.78 is 10.6. The molecule has 0 radical (unpaired) electrons. The molecule has 4 rings (SSSR count). The van der Waals surface area contributed by atoms with Crippen LogP contribution in [0.3, 0.4) is 0 Å². The number of amides is 2. The zero-order valence-corrected chi connectivity index (χ0v) is 18.0. The highest BCUT2D eigenvalue weighted by Crippen LogP contribution is 2.36. The quantitative estimate of drug-likeness (QED) is 0.208. The van der Waals surface area contributed by atoms with Crippen molar-refractivity contribution in [3.63, 3.8) is 0 Å². The number of nitrogens with two attached hydrogens (primary N) is 2. The van der Waals surface area contributed by atoms with Gasteiger partial charge in [-0.3, -0.25) is 14.6 Å². The third kappa shape index (κ3) is 4.71. The Morgan fingerprint density at radius 3 is 2.61 bits per heavy atom. The zero-order chi connectivity index (χ0) is 23.4. The van der Waals surface area contributed by atoms with E-state index in [0.717, 1.165) is 10.6 Å². The van der Waals surface area contributed by atoms with E-state index in [4.69, 9.17) is 20.7 Å². The molecule has 10 nitrogen and oxygen atoms in total. The van der Waals surface area contributed by atoms with E-state index in [0.29, 0.717) is 47.9 Å². The molecule has 0 fully saturated rings. The van der Waals surface area contributed by atoms with Crippen molar-refractivity contribution >= 4 is 35.4 Å². The van der Waals surface area contributed by atoms with Crippen LogP contribution in [-0.2, 0) is 16.0 Å². The maximum atomic E-state index is 13.2. The number of ether oxygens (including phenoxy) is 1. The van der Waals surface area contributed by atoms with E-state index in [1.54, 1.807) is 54.5 Å². The van der Waals surface area contributed by atoms with E-state index in [-0.39, 0.29) is 5.84 Å². The van der Waals surface area contributed by atoms with Crippen LogP contribution < -0.4 is 26.5 Å². The molecule has 5 N–H and O–H groups in total. The first kappa shape index (κ1) is 22.1. The maximum absolute atomic E-state index is 13.2. The van der Waals surface area contributed by atoms with E-state index in [1.807, 2.05) is 12.1 Å². The summed E-state index contributed by atoms with van der Waals surface area (Å²) >= 11 is 0. The number of methoxy groups -OCH3 is 1. The maximum Gasteiger partial charge on any atom is 0.291 e. The molecule has 0 saturated heterocycles. The van der Waals surface area contributed by atoms with Gasteiger partial charge in [-0.1, -0.05) is 12.1 Å². The fourth-order valence-corrected chi connectivity index (χ4v) is 3.49. The molecule has 0 saturated carbocycles.